The molecule has 0 aliphatic heterocycles. The molecule has 0 radical (unpaired) electrons. The van der Waals surface area contributed by atoms with Gasteiger partial charge in [-0.15, -0.1) is 11.8 Å². The van der Waals surface area contributed by atoms with Crippen molar-refractivity contribution in [1.29, 1.82) is 0 Å². The van der Waals surface area contributed by atoms with Crippen molar-refractivity contribution >= 4 is 17.7 Å². The maximum atomic E-state index is 11.3. The second-order valence-corrected chi connectivity index (χ2v) is 5.61. The van der Waals surface area contributed by atoms with E-state index >= 15 is 0 Å². The normalized spacial score (nSPS) is 12.0. The van der Waals surface area contributed by atoms with E-state index in [0.29, 0.717) is 5.56 Å². The highest BCUT2D eigenvalue weighted by atomic mass is 32.2. The molecule has 0 saturated carbocycles. The number of hydrogen-bond acceptors (Lipinski definition) is 5. The Morgan fingerprint density at radius 1 is 1.29 bits per heavy atom. The van der Waals surface area contributed by atoms with Gasteiger partial charge in [0.1, 0.15) is 0 Å². The lowest BCUT2D eigenvalue weighted by Crippen LogP contribution is -2.02. The van der Waals surface area contributed by atoms with Gasteiger partial charge in [0.25, 0.3) is 0 Å². The van der Waals surface area contributed by atoms with Crippen LogP contribution in [0.5, 0.6) is 0 Å². The third-order valence-electron chi connectivity index (χ3n) is 3.00. The van der Waals surface area contributed by atoms with Gasteiger partial charge in [-0.1, -0.05) is 12.1 Å². The third kappa shape index (κ3) is 4.31. The Bertz CT molecular complexity index is 594. The van der Waals surface area contributed by atoms with Gasteiger partial charge < -0.3 is 9.84 Å². The topological polar surface area (TPSA) is 59.4 Å². The highest BCUT2D eigenvalue weighted by Crippen LogP contribution is 2.24. The first-order valence-corrected chi connectivity index (χ1v) is 7.53. The smallest absolute Gasteiger partial charge is 0.339 e. The van der Waals surface area contributed by atoms with Gasteiger partial charge in [0.15, 0.2) is 0 Å². The molecule has 0 aliphatic rings. The number of aromatic nitrogens is 1. The Hall–Kier alpha value is -1.85. The van der Waals surface area contributed by atoms with E-state index in [1.54, 1.807) is 24.8 Å². The van der Waals surface area contributed by atoms with Crippen molar-refractivity contribution < 1.29 is 14.6 Å². The van der Waals surface area contributed by atoms with Crippen LogP contribution < -0.4 is 0 Å². The molecule has 21 heavy (non-hydrogen) atoms. The molecule has 0 aliphatic carbocycles. The van der Waals surface area contributed by atoms with Crippen LogP contribution in [0.2, 0.25) is 0 Å². The summed E-state index contributed by atoms with van der Waals surface area (Å²) in [5.41, 5.74) is 2.25. The monoisotopic (exact) mass is 303 g/mol. The number of ether oxygens (including phenoxy) is 1. The fourth-order valence-electron chi connectivity index (χ4n) is 1.75. The number of nitrogens with zero attached hydrogens (tertiary/aromatic N) is 1. The van der Waals surface area contributed by atoms with E-state index in [0.717, 1.165) is 21.9 Å². The molecular weight excluding hydrogens is 286 g/mol. The number of rotatable bonds is 5. The van der Waals surface area contributed by atoms with Crippen LogP contribution in [0.3, 0.4) is 0 Å². The molecule has 4 nitrogen and oxygen atoms in total. The van der Waals surface area contributed by atoms with Crippen LogP contribution in [0.15, 0.2) is 47.5 Å². The van der Waals surface area contributed by atoms with E-state index in [1.807, 2.05) is 30.3 Å². The number of esters is 1. The van der Waals surface area contributed by atoms with E-state index in [2.05, 4.69) is 9.72 Å². The predicted molar refractivity (Wildman–Crippen MR) is 82.2 cm³/mol. The molecule has 2 aromatic rings. The summed E-state index contributed by atoms with van der Waals surface area (Å²) in [6.07, 6.45) is 1.08. The number of hydrogen-bond donors (Lipinski definition) is 1. The fraction of sp³-hybridized carbons (Fsp3) is 0.250. The zero-order valence-electron chi connectivity index (χ0n) is 11.9. The molecule has 0 fully saturated rings. The SMILES string of the molecule is COC(=O)c1ccc(CSc2ccc(C(C)O)cc2)nc1. The van der Waals surface area contributed by atoms with Crippen LogP contribution >= 0.6 is 11.8 Å². The van der Waals surface area contributed by atoms with Gasteiger partial charge in [-0.2, -0.15) is 0 Å². The lowest BCUT2D eigenvalue weighted by Gasteiger charge is -2.06. The summed E-state index contributed by atoms with van der Waals surface area (Å²) in [5, 5.41) is 9.46. The van der Waals surface area contributed by atoms with Gasteiger partial charge in [-0.05, 0) is 36.8 Å². The lowest BCUT2D eigenvalue weighted by molar-refractivity contribution is 0.0600. The standard InChI is InChI=1S/C16H17NO3S/c1-11(18)12-4-7-15(8-5-12)21-10-14-6-3-13(9-17-14)16(19)20-2/h3-9,11,18H,10H2,1-2H3. The quantitative estimate of drug-likeness (QED) is 0.679. The van der Waals surface area contributed by atoms with E-state index < -0.39 is 6.10 Å². The van der Waals surface area contributed by atoms with E-state index in [1.165, 1.54) is 13.3 Å². The summed E-state index contributed by atoms with van der Waals surface area (Å²) < 4.78 is 4.63. The minimum absolute atomic E-state index is 0.379. The summed E-state index contributed by atoms with van der Waals surface area (Å²) in [6.45, 7) is 1.74. The minimum atomic E-state index is -0.448. The molecule has 1 atom stereocenters. The van der Waals surface area contributed by atoms with Gasteiger partial charge in [0.05, 0.1) is 24.5 Å². The second-order valence-electron chi connectivity index (χ2n) is 4.56. The molecule has 0 spiro atoms. The van der Waals surface area contributed by atoms with E-state index in [4.69, 9.17) is 0 Å². The van der Waals surface area contributed by atoms with Crippen LogP contribution in [0.25, 0.3) is 0 Å². The number of thioether (sulfide) groups is 1. The minimum Gasteiger partial charge on any atom is -0.465 e. The first-order chi connectivity index (χ1) is 10.1. The lowest BCUT2D eigenvalue weighted by atomic mass is 10.1. The van der Waals surface area contributed by atoms with Gasteiger partial charge in [0.2, 0.25) is 0 Å². The second kappa shape index (κ2) is 7.24. The summed E-state index contributed by atoms with van der Waals surface area (Å²) in [7, 11) is 1.35. The Balaban J connectivity index is 1.95. The molecular formula is C16H17NO3S. The molecule has 1 unspecified atom stereocenters. The van der Waals surface area contributed by atoms with Crippen molar-refractivity contribution in [3.63, 3.8) is 0 Å². The molecule has 5 heteroatoms. The number of pyridine rings is 1. The van der Waals surface area contributed by atoms with Gasteiger partial charge in [0, 0.05) is 16.8 Å². The Morgan fingerprint density at radius 3 is 2.52 bits per heavy atom. The van der Waals surface area contributed by atoms with Gasteiger partial charge >= 0.3 is 5.97 Å². The van der Waals surface area contributed by atoms with Crippen LogP contribution in [-0.2, 0) is 10.5 Å². The Morgan fingerprint density at radius 2 is 2.00 bits per heavy atom. The average molecular weight is 303 g/mol. The number of methoxy groups -OCH3 is 1. The van der Waals surface area contributed by atoms with Crippen LogP contribution in [0.4, 0.5) is 0 Å². The van der Waals surface area contributed by atoms with Crippen molar-refractivity contribution in [2.24, 2.45) is 0 Å². The number of carbonyl (C=O) groups excluding carboxylic acids is 1. The molecule has 0 saturated heterocycles. The van der Waals surface area contributed by atoms with Crippen LogP contribution in [0.1, 0.15) is 34.6 Å². The van der Waals surface area contributed by atoms with Crippen LogP contribution in [-0.4, -0.2) is 23.2 Å². The van der Waals surface area contributed by atoms with Gasteiger partial charge in [-0.3, -0.25) is 4.98 Å². The average Bonchev–Trinajstić information content (AvgIpc) is 2.53. The highest BCUT2D eigenvalue weighted by molar-refractivity contribution is 7.98. The summed E-state index contributed by atoms with van der Waals surface area (Å²) >= 11 is 1.65. The predicted octanol–water partition coefficient (Wildman–Crippen LogP) is 3.21. The molecule has 0 bridgehead atoms. The molecule has 2 rings (SSSR count). The number of carbonyl (C=O) groups is 1. The zero-order chi connectivity index (χ0) is 15.2. The third-order valence-corrected chi connectivity index (χ3v) is 4.04. The molecule has 1 N–H and O–H groups in total. The molecule has 110 valence electrons. The first kappa shape index (κ1) is 15.5. The van der Waals surface area contributed by atoms with E-state index in [9.17, 15) is 9.90 Å². The molecule has 1 aromatic heterocycles. The van der Waals surface area contributed by atoms with Crippen molar-refractivity contribution in [3.8, 4) is 0 Å². The fourth-order valence-corrected chi connectivity index (χ4v) is 2.56. The summed E-state index contributed by atoms with van der Waals surface area (Å²) in [4.78, 5) is 16.7. The Labute approximate surface area is 128 Å². The molecule has 1 aromatic carbocycles. The van der Waals surface area contributed by atoms with Crippen molar-refractivity contribution in [2.45, 2.75) is 23.7 Å². The van der Waals surface area contributed by atoms with Crippen molar-refractivity contribution in [1.82, 2.24) is 4.98 Å². The molecule has 1 heterocycles. The first-order valence-electron chi connectivity index (χ1n) is 6.54. The maximum absolute atomic E-state index is 11.3. The molecule has 0 amide bonds. The Kier molecular flexibility index (Phi) is 5.36. The van der Waals surface area contributed by atoms with Crippen molar-refractivity contribution in [3.05, 3.63) is 59.4 Å². The van der Waals surface area contributed by atoms with Crippen molar-refractivity contribution in [2.75, 3.05) is 7.11 Å². The van der Waals surface area contributed by atoms with E-state index in [-0.39, 0.29) is 5.97 Å². The van der Waals surface area contributed by atoms with Gasteiger partial charge in [-0.25, -0.2) is 4.79 Å². The summed E-state index contributed by atoms with van der Waals surface area (Å²) in [5.74, 6) is 0.338. The highest BCUT2D eigenvalue weighted by Gasteiger charge is 2.06. The summed E-state index contributed by atoms with van der Waals surface area (Å²) in [6, 6.07) is 11.3. The largest absolute Gasteiger partial charge is 0.465 e. The number of aliphatic hydroxyl groups excluding tert-OH is 1. The zero-order valence-corrected chi connectivity index (χ0v) is 12.8. The number of benzene rings is 1. The maximum Gasteiger partial charge on any atom is 0.339 e. The number of aliphatic hydroxyl groups is 1. The van der Waals surface area contributed by atoms with Crippen LogP contribution in [0, 0.1) is 0 Å².